The van der Waals surface area contributed by atoms with Crippen LogP contribution < -0.4 is 5.32 Å². The molecule has 22 heavy (non-hydrogen) atoms. The van der Waals surface area contributed by atoms with Gasteiger partial charge in [0.2, 0.25) is 0 Å². The van der Waals surface area contributed by atoms with Crippen LogP contribution in [0.4, 0.5) is 0 Å². The molecule has 0 saturated heterocycles. The molecule has 0 aliphatic carbocycles. The first kappa shape index (κ1) is 21.8. The van der Waals surface area contributed by atoms with Crippen molar-refractivity contribution in [1.29, 1.82) is 0 Å². The van der Waals surface area contributed by atoms with E-state index in [2.05, 4.69) is 17.3 Å². The van der Waals surface area contributed by atoms with E-state index in [0.717, 1.165) is 13.0 Å². The summed E-state index contributed by atoms with van der Waals surface area (Å²) in [6.07, 6.45) is 16.0. The highest BCUT2D eigenvalue weighted by molar-refractivity contribution is 4.48. The number of rotatable bonds is 18. The fourth-order valence-electron chi connectivity index (χ4n) is 2.44. The van der Waals surface area contributed by atoms with E-state index in [1.807, 2.05) is 13.8 Å². The maximum atomic E-state index is 4.98. The third-order valence-electron chi connectivity index (χ3n) is 3.80. The van der Waals surface area contributed by atoms with Crippen LogP contribution in [-0.2, 0) is 14.8 Å². The van der Waals surface area contributed by atoms with Crippen LogP contribution in [-0.4, -0.2) is 19.4 Å². The predicted octanol–water partition coefficient (Wildman–Crippen LogP) is 5.52. The third-order valence-corrected chi connectivity index (χ3v) is 3.80. The smallest absolute Gasteiger partial charge is 0.144 e. The Bertz CT molecular complexity index is 203. The van der Waals surface area contributed by atoms with Crippen LogP contribution in [0.2, 0.25) is 0 Å². The first-order valence-corrected chi connectivity index (χ1v) is 9.49. The van der Waals surface area contributed by atoms with Gasteiger partial charge in [0, 0.05) is 0 Å². The van der Waals surface area contributed by atoms with Gasteiger partial charge < -0.3 is 0 Å². The van der Waals surface area contributed by atoms with Crippen molar-refractivity contribution in [3.05, 3.63) is 0 Å². The van der Waals surface area contributed by atoms with Gasteiger partial charge in [-0.25, -0.2) is 4.89 Å². The zero-order chi connectivity index (χ0) is 16.3. The summed E-state index contributed by atoms with van der Waals surface area (Å²) in [4.78, 5) is 9.94. The van der Waals surface area contributed by atoms with Crippen molar-refractivity contribution in [2.24, 2.45) is 0 Å². The molecule has 4 nitrogen and oxygen atoms in total. The van der Waals surface area contributed by atoms with Crippen molar-refractivity contribution < 1.29 is 14.8 Å². The van der Waals surface area contributed by atoms with Crippen molar-refractivity contribution in [2.75, 3.05) is 13.2 Å². The molecule has 1 atom stereocenters. The van der Waals surface area contributed by atoms with E-state index in [0.29, 0.717) is 6.61 Å². The van der Waals surface area contributed by atoms with Gasteiger partial charge in [0.25, 0.3) is 0 Å². The highest BCUT2D eigenvalue weighted by Gasteiger charge is 2.00. The lowest BCUT2D eigenvalue weighted by Gasteiger charge is -2.10. The van der Waals surface area contributed by atoms with Crippen molar-refractivity contribution in [3.8, 4) is 0 Å². The van der Waals surface area contributed by atoms with Gasteiger partial charge in [0.05, 0.1) is 6.61 Å². The average Bonchev–Trinajstić information content (AvgIpc) is 2.51. The normalized spacial score (nSPS) is 12.7. The SMILES string of the molecule is CCCCCCCCCCCCCCOOOC(C)NCC. The lowest BCUT2D eigenvalue weighted by atomic mass is 10.1. The molecule has 0 bridgehead atoms. The van der Waals surface area contributed by atoms with Gasteiger partial charge in [-0.2, -0.15) is 4.89 Å². The van der Waals surface area contributed by atoms with E-state index in [1.54, 1.807) is 0 Å². The maximum absolute atomic E-state index is 4.98. The third kappa shape index (κ3) is 17.9. The largest absolute Gasteiger partial charge is 0.290 e. The van der Waals surface area contributed by atoms with Crippen molar-refractivity contribution in [2.45, 2.75) is 104 Å². The molecule has 0 fully saturated rings. The van der Waals surface area contributed by atoms with Gasteiger partial charge >= 0.3 is 0 Å². The molecule has 0 radical (unpaired) electrons. The molecule has 134 valence electrons. The van der Waals surface area contributed by atoms with E-state index >= 15 is 0 Å². The lowest BCUT2D eigenvalue weighted by Crippen LogP contribution is -2.28. The Morgan fingerprint density at radius 3 is 1.73 bits per heavy atom. The molecule has 0 rings (SSSR count). The Morgan fingerprint density at radius 2 is 1.23 bits per heavy atom. The first-order chi connectivity index (χ1) is 10.8. The highest BCUT2D eigenvalue weighted by atomic mass is 17.5. The van der Waals surface area contributed by atoms with Crippen LogP contribution in [0.3, 0.4) is 0 Å². The Balaban J connectivity index is 3.00. The monoisotopic (exact) mass is 317 g/mol. The molecule has 1 N–H and O–H groups in total. The van der Waals surface area contributed by atoms with Crippen LogP contribution in [0, 0.1) is 0 Å². The van der Waals surface area contributed by atoms with Crippen LogP contribution in [0.1, 0.15) is 97.8 Å². The molecule has 0 aromatic carbocycles. The van der Waals surface area contributed by atoms with Crippen LogP contribution in [0.25, 0.3) is 0 Å². The molecule has 0 spiro atoms. The minimum absolute atomic E-state index is 0.132. The summed E-state index contributed by atoms with van der Waals surface area (Å²) in [6, 6.07) is 0. The van der Waals surface area contributed by atoms with Gasteiger partial charge in [-0.15, -0.1) is 0 Å². The van der Waals surface area contributed by atoms with Gasteiger partial charge in [0.1, 0.15) is 6.23 Å². The van der Waals surface area contributed by atoms with Crippen LogP contribution >= 0.6 is 0 Å². The van der Waals surface area contributed by atoms with Gasteiger partial charge in [-0.05, 0) is 19.9 Å². The van der Waals surface area contributed by atoms with E-state index in [1.165, 1.54) is 70.6 Å². The summed E-state index contributed by atoms with van der Waals surface area (Å²) in [5.41, 5.74) is 0. The molecule has 0 aromatic rings. The molecular formula is C18H39NO3. The number of hydrogen-bond acceptors (Lipinski definition) is 4. The molecule has 0 heterocycles. The topological polar surface area (TPSA) is 39.7 Å². The highest BCUT2D eigenvalue weighted by Crippen LogP contribution is 2.11. The summed E-state index contributed by atoms with van der Waals surface area (Å²) in [5.74, 6) is 0. The molecule has 4 heteroatoms. The maximum Gasteiger partial charge on any atom is 0.144 e. The summed E-state index contributed by atoms with van der Waals surface area (Å²) in [6.45, 7) is 7.64. The van der Waals surface area contributed by atoms with E-state index < -0.39 is 0 Å². The average molecular weight is 318 g/mol. The van der Waals surface area contributed by atoms with Gasteiger partial charge in [0.15, 0.2) is 0 Å². The Hall–Kier alpha value is -0.160. The zero-order valence-electron chi connectivity index (χ0n) is 15.2. The minimum atomic E-state index is -0.132. The Labute approximate surface area is 138 Å². The zero-order valence-corrected chi connectivity index (χ0v) is 15.2. The van der Waals surface area contributed by atoms with Crippen molar-refractivity contribution in [3.63, 3.8) is 0 Å². The van der Waals surface area contributed by atoms with Crippen molar-refractivity contribution >= 4 is 0 Å². The number of unbranched alkanes of at least 4 members (excludes halogenated alkanes) is 11. The second-order valence-electron chi connectivity index (χ2n) is 6.08. The van der Waals surface area contributed by atoms with E-state index in [9.17, 15) is 0 Å². The Morgan fingerprint density at radius 1 is 0.727 bits per heavy atom. The molecule has 0 saturated carbocycles. The Kier molecular flexibility index (Phi) is 18.8. The number of nitrogens with one attached hydrogen (secondary N) is 1. The fraction of sp³-hybridized carbons (Fsp3) is 1.00. The standard InChI is InChI=1S/C18H39NO3/c1-4-6-7-8-9-10-11-12-13-14-15-16-17-20-22-21-18(3)19-5-2/h18-19H,4-17H2,1-3H3. The molecule has 0 aliphatic rings. The summed E-state index contributed by atoms with van der Waals surface area (Å²) < 4.78 is 0. The molecule has 0 aliphatic heterocycles. The molecule has 0 aromatic heterocycles. The van der Waals surface area contributed by atoms with Gasteiger partial charge in [-0.1, -0.05) is 89.5 Å². The fourth-order valence-corrected chi connectivity index (χ4v) is 2.44. The molecule has 0 amide bonds. The lowest BCUT2D eigenvalue weighted by molar-refractivity contribution is -0.527. The minimum Gasteiger partial charge on any atom is -0.290 e. The van der Waals surface area contributed by atoms with Crippen molar-refractivity contribution in [1.82, 2.24) is 5.32 Å². The second kappa shape index (κ2) is 18.9. The van der Waals surface area contributed by atoms with E-state index in [4.69, 9.17) is 9.78 Å². The summed E-state index contributed by atoms with van der Waals surface area (Å²) in [5, 5.41) is 7.75. The van der Waals surface area contributed by atoms with Crippen LogP contribution in [0.15, 0.2) is 0 Å². The predicted molar refractivity (Wildman–Crippen MR) is 92.3 cm³/mol. The molecule has 1 unspecified atom stereocenters. The second-order valence-corrected chi connectivity index (χ2v) is 6.08. The number of hydrogen-bond donors (Lipinski definition) is 1. The first-order valence-electron chi connectivity index (χ1n) is 9.49. The summed E-state index contributed by atoms with van der Waals surface area (Å²) in [7, 11) is 0. The van der Waals surface area contributed by atoms with Crippen LogP contribution in [0.5, 0.6) is 0 Å². The quantitative estimate of drug-likeness (QED) is 0.156. The summed E-state index contributed by atoms with van der Waals surface area (Å²) >= 11 is 0. The van der Waals surface area contributed by atoms with E-state index in [-0.39, 0.29) is 6.23 Å². The van der Waals surface area contributed by atoms with Gasteiger partial charge in [-0.3, -0.25) is 5.32 Å². The molecular weight excluding hydrogens is 278 g/mol.